The zero-order valence-electron chi connectivity index (χ0n) is 26.3. The van der Waals surface area contributed by atoms with Crippen molar-refractivity contribution in [2.24, 2.45) is 10.8 Å². The Morgan fingerprint density at radius 2 is 0.375 bits per heavy atom. The Kier molecular flexibility index (Phi) is 8.49. The molecule has 0 aliphatic heterocycles. The smallest absolute Gasteiger partial charge is 0.0334 e. The van der Waals surface area contributed by atoms with Crippen LogP contribution in [0.1, 0.15) is 125 Å². The lowest BCUT2D eigenvalue weighted by Gasteiger charge is -2.66. The van der Waals surface area contributed by atoms with Gasteiger partial charge in [0.25, 0.3) is 0 Å². The highest BCUT2D eigenvalue weighted by Gasteiger charge is 2.57. The number of hydrogen-bond donors (Lipinski definition) is 0. The largest absolute Gasteiger partial charge is 0.294 e. The molecule has 0 aliphatic rings. The fourth-order valence-electron chi connectivity index (χ4n) is 4.74. The summed E-state index contributed by atoms with van der Waals surface area (Å²) in [6.07, 6.45) is 0. The molecule has 0 spiro atoms. The van der Waals surface area contributed by atoms with Crippen molar-refractivity contribution in [2.45, 2.75) is 158 Å². The third-order valence-electron chi connectivity index (χ3n) is 11.7. The van der Waals surface area contributed by atoms with E-state index >= 15 is 0 Å². The Morgan fingerprint density at radius 3 is 0.500 bits per heavy atom. The molecule has 0 saturated heterocycles. The first-order valence-corrected chi connectivity index (χ1v) is 12.7. The minimum Gasteiger partial charge on any atom is -0.294 e. The first-order valence-electron chi connectivity index (χ1n) is 12.7. The summed E-state index contributed by atoms with van der Waals surface area (Å²) in [6.45, 7) is 43.1. The maximum atomic E-state index is 2.64. The minimum atomic E-state index is -0.0856. The van der Waals surface area contributed by atoms with Crippen LogP contribution in [-0.2, 0) is 0 Å². The molecule has 0 aromatic rings. The van der Waals surface area contributed by atoms with Crippen molar-refractivity contribution in [1.29, 1.82) is 0 Å². The van der Waals surface area contributed by atoms with E-state index in [-0.39, 0.29) is 44.1 Å². The van der Waals surface area contributed by atoms with Gasteiger partial charge in [-0.3, -0.25) is 14.7 Å². The highest BCUT2D eigenvalue weighted by atomic mass is 15.4. The van der Waals surface area contributed by atoms with Gasteiger partial charge in [0, 0.05) is 33.2 Å². The van der Waals surface area contributed by atoms with Gasteiger partial charge in [-0.15, -0.1) is 0 Å². The van der Waals surface area contributed by atoms with Gasteiger partial charge < -0.3 is 0 Å². The van der Waals surface area contributed by atoms with Crippen LogP contribution in [0, 0.1) is 10.8 Å². The normalized spacial score (nSPS) is 16.5. The van der Waals surface area contributed by atoms with Gasteiger partial charge in [-0.1, -0.05) is 41.5 Å². The fraction of sp³-hybridized carbons (Fsp3) is 1.00. The molecule has 0 heterocycles. The highest BCUT2D eigenvalue weighted by molar-refractivity contribution is 5.14. The van der Waals surface area contributed by atoms with Crippen LogP contribution in [0.15, 0.2) is 0 Å². The fourth-order valence-corrected chi connectivity index (χ4v) is 4.74. The molecule has 0 saturated carbocycles. The summed E-state index contributed by atoms with van der Waals surface area (Å²) in [5, 5.41) is 0. The molecule has 0 fully saturated rings. The van der Waals surface area contributed by atoms with E-state index in [1.165, 1.54) is 0 Å². The van der Waals surface area contributed by atoms with E-state index in [1.54, 1.807) is 0 Å². The molecule has 0 bridgehead atoms. The maximum absolute atomic E-state index is 2.64. The summed E-state index contributed by atoms with van der Waals surface area (Å²) in [7, 11) is 6.96. The molecule has 0 rings (SSSR count). The van der Waals surface area contributed by atoms with E-state index in [0.29, 0.717) is 0 Å². The molecule has 0 radical (unpaired) electrons. The van der Waals surface area contributed by atoms with Crippen LogP contribution in [-0.4, -0.2) is 69.1 Å². The van der Waals surface area contributed by atoms with Gasteiger partial charge in [0.2, 0.25) is 0 Å². The minimum absolute atomic E-state index is 0.0410. The van der Waals surface area contributed by atoms with Crippen molar-refractivity contribution in [2.75, 3.05) is 21.1 Å². The number of hydrogen-bond acceptors (Lipinski definition) is 3. The average molecular weight is 454 g/mol. The quantitative estimate of drug-likeness (QED) is 0.375. The van der Waals surface area contributed by atoms with Gasteiger partial charge in [0.1, 0.15) is 0 Å². The maximum Gasteiger partial charge on any atom is 0.0334 e. The molecule has 32 heavy (non-hydrogen) atoms. The SMILES string of the molecule is CN(C(C)(C)C(C)(C)C)C(C)(C)C(C)(C)N(C)C(C)(C)C(C)(C)N(C)C(C)(C)C(C)(C)C. The molecular formula is C29H63N3. The first kappa shape index (κ1) is 31.9. The van der Waals surface area contributed by atoms with E-state index in [9.17, 15) is 0 Å². The lowest BCUT2D eigenvalue weighted by Crippen LogP contribution is -2.77. The van der Waals surface area contributed by atoms with E-state index < -0.39 is 0 Å². The zero-order chi connectivity index (χ0) is 26.7. The van der Waals surface area contributed by atoms with E-state index in [1.807, 2.05) is 0 Å². The summed E-state index contributed by atoms with van der Waals surface area (Å²) in [5.41, 5.74) is 0.112. The number of nitrogens with zero attached hydrogens (tertiary/aromatic N) is 3. The molecule has 194 valence electrons. The summed E-state index contributed by atoms with van der Waals surface area (Å²) in [5.74, 6) is 0. The molecule has 3 nitrogen and oxygen atoms in total. The van der Waals surface area contributed by atoms with Crippen molar-refractivity contribution in [3.63, 3.8) is 0 Å². The third-order valence-corrected chi connectivity index (χ3v) is 11.7. The molecule has 0 atom stereocenters. The third kappa shape index (κ3) is 4.82. The van der Waals surface area contributed by atoms with Crippen LogP contribution >= 0.6 is 0 Å². The van der Waals surface area contributed by atoms with E-state index in [2.05, 4.69) is 160 Å². The summed E-state index contributed by atoms with van der Waals surface area (Å²) in [6, 6.07) is 0. The molecule has 0 N–H and O–H groups in total. The predicted molar refractivity (Wildman–Crippen MR) is 147 cm³/mol. The number of rotatable bonds is 8. The van der Waals surface area contributed by atoms with Crippen molar-refractivity contribution in [3.05, 3.63) is 0 Å². The summed E-state index contributed by atoms with van der Waals surface area (Å²) in [4.78, 5) is 7.87. The van der Waals surface area contributed by atoms with Gasteiger partial charge >= 0.3 is 0 Å². The second-order valence-corrected chi connectivity index (χ2v) is 15.5. The van der Waals surface area contributed by atoms with Gasteiger partial charge in [-0.2, -0.15) is 0 Å². The molecule has 0 aromatic carbocycles. The Balaban J connectivity index is 6.46. The highest BCUT2D eigenvalue weighted by Crippen LogP contribution is 2.48. The summed E-state index contributed by atoms with van der Waals surface area (Å²) >= 11 is 0. The molecular weight excluding hydrogens is 390 g/mol. The van der Waals surface area contributed by atoms with Crippen molar-refractivity contribution in [3.8, 4) is 0 Å². The topological polar surface area (TPSA) is 9.72 Å². The van der Waals surface area contributed by atoms with Gasteiger partial charge in [-0.05, 0) is 115 Å². The monoisotopic (exact) mass is 454 g/mol. The Bertz CT molecular complexity index is 580. The number of likely N-dealkylation sites (N-methyl/N-ethyl adjacent to an activating group) is 3. The van der Waals surface area contributed by atoms with Crippen molar-refractivity contribution in [1.82, 2.24) is 14.7 Å². The van der Waals surface area contributed by atoms with Gasteiger partial charge in [0.05, 0.1) is 0 Å². The van der Waals surface area contributed by atoms with Crippen LogP contribution in [0.4, 0.5) is 0 Å². The lowest BCUT2D eigenvalue weighted by molar-refractivity contribution is -0.152. The lowest BCUT2D eigenvalue weighted by atomic mass is 9.67. The average Bonchev–Trinajstić information content (AvgIpc) is 2.56. The molecule has 3 heteroatoms. The van der Waals surface area contributed by atoms with Gasteiger partial charge in [-0.25, -0.2) is 0 Å². The van der Waals surface area contributed by atoms with E-state index in [0.717, 1.165) is 0 Å². The van der Waals surface area contributed by atoms with Crippen LogP contribution in [0.3, 0.4) is 0 Å². The van der Waals surface area contributed by atoms with Crippen LogP contribution in [0.5, 0.6) is 0 Å². The van der Waals surface area contributed by atoms with Crippen molar-refractivity contribution < 1.29 is 0 Å². The van der Waals surface area contributed by atoms with Crippen LogP contribution < -0.4 is 0 Å². The van der Waals surface area contributed by atoms with Crippen LogP contribution in [0.2, 0.25) is 0 Å². The first-order chi connectivity index (χ1) is 13.5. The van der Waals surface area contributed by atoms with Crippen LogP contribution in [0.25, 0.3) is 0 Å². The molecule has 0 aromatic heterocycles. The predicted octanol–water partition coefficient (Wildman–Crippen LogP) is 7.55. The molecule has 0 unspecified atom stereocenters. The Labute approximate surface area is 204 Å². The second-order valence-electron chi connectivity index (χ2n) is 15.5. The zero-order valence-corrected chi connectivity index (χ0v) is 26.3. The second kappa shape index (κ2) is 8.52. The standard InChI is InChI=1S/C29H63N3/c1-22(2,3)24(7,8)30(19)26(11,12)28(15,16)32(21)29(17,18)27(13,14)31(20)25(9,10)23(4,5)6/h1-21H3. The molecule has 0 aliphatic carbocycles. The van der Waals surface area contributed by atoms with Gasteiger partial charge in [0.15, 0.2) is 0 Å². The Hall–Kier alpha value is -0.120. The van der Waals surface area contributed by atoms with E-state index in [4.69, 9.17) is 0 Å². The van der Waals surface area contributed by atoms with Crippen molar-refractivity contribution >= 4 is 0 Å². The Morgan fingerprint density at radius 1 is 0.250 bits per heavy atom. The summed E-state index contributed by atoms with van der Waals surface area (Å²) < 4.78 is 0. The molecule has 0 amide bonds.